The standard InChI is InChI=1S/C10H22S6/c1-2-8(5-12)16-10(7-14)9(6-13)15-4-3-11/h8-14H,2-7H2,1H3. The second kappa shape index (κ2) is 12.2. The van der Waals surface area contributed by atoms with Crippen LogP contribution in [-0.4, -0.2) is 44.5 Å². The molecule has 0 fully saturated rings. The van der Waals surface area contributed by atoms with E-state index in [1.54, 1.807) is 0 Å². The summed E-state index contributed by atoms with van der Waals surface area (Å²) in [6, 6.07) is 0. The molecule has 3 atom stereocenters. The lowest BCUT2D eigenvalue weighted by molar-refractivity contribution is 0.887. The third kappa shape index (κ3) is 7.52. The van der Waals surface area contributed by atoms with E-state index in [1.807, 2.05) is 23.5 Å². The molecule has 0 aromatic carbocycles. The Morgan fingerprint density at radius 3 is 1.94 bits per heavy atom. The van der Waals surface area contributed by atoms with Gasteiger partial charge in [0, 0.05) is 38.8 Å². The zero-order valence-corrected chi connectivity index (χ0v) is 14.8. The van der Waals surface area contributed by atoms with E-state index in [0.717, 1.165) is 28.8 Å². The summed E-state index contributed by atoms with van der Waals surface area (Å²) in [7, 11) is 0. The SMILES string of the molecule is CCC(CS)SC(CS)C(CS)SCCS. The van der Waals surface area contributed by atoms with Crippen LogP contribution in [0.15, 0.2) is 0 Å². The quantitative estimate of drug-likeness (QED) is 0.450. The molecule has 0 nitrogen and oxygen atoms in total. The van der Waals surface area contributed by atoms with Gasteiger partial charge in [-0.1, -0.05) is 6.92 Å². The van der Waals surface area contributed by atoms with Crippen molar-refractivity contribution in [3.05, 3.63) is 0 Å². The molecule has 0 aliphatic heterocycles. The summed E-state index contributed by atoms with van der Waals surface area (Å²) in [4.78, 5) is 0. The Hall–Kier alpha value is 2.10. The lowest BCUT2D eigenvalue weighted by Gasteiger charge is -2.26. The summed E-state index contributed by atoms with van der Waals surface area (Å²) < 4.78 is 0. The summed E-state index contributed by atoms with van der Waals surface area (Å²) in [6.45, 7) is 2.22. The van der Waals surface area contributed by atoms with Crippen molar-refractivity contribution < 1.29 is 0 Å². The van der Waals surface area contributed by atoms with Gasteiger partial charge in [-0.3, -0.25) is 0 Å². The fourth-order valence-corrected chi connectivity index (χ4v) is 5.83. The minimum atomic E-state index is 0.572. The highest BCUT2D eigenvalue weighted by molar-refractivity contribution is 8.05. The van der Waals surface area contributed by atoms with Crippen molar-refractivity contribution in [1.29, 1.82) is 0 Å². The van der Waals surface area contributed by atoms with Crippen LogP contribution < -0.4 is 0 Å². The van der Waals surface area contributed by atoms with Crippen molar-refractivity contribution in [3.63, 3.8) is 0 Å². The average Bonchev–Trinajstić information content (AvgIpc) is 2.33. The van der Waals surface area contributed by atoms with Gasteiger partial charge in [-0.15, -0.1) is 0 Å². The monoisotopic (exact) mass is 334 g/mol. The zero-order valence-electron chi connectivity index (χ0n) is 9.58. The van der Waals surface area contributed by atoms with Crippen LogP contribution in [0.3, 0.4) is 0 Å². The summed E-state index contributed by atoms with van der Waals surface area (Å²) in [5.74, 6) is 4.81. The van der Waals surface area contributed by atoms with E-state index < -0.39 is 0 Å². The summed E-state index contributed by atoms with van der Waals surface area (Å²) in [5.41, 5.74) is 0. The zero-order chi connectivity index (χ0) is 12.4. The highest BCUT2D eigenvalue weighted by Gasteiger charge is 2.22. The third-order valence-electron chi connectivity index (χ3n) is 2.22. The molecule has 0 bridgehead atoms. The highest BCUT2D eigenvalue weighted by Crippen LogP contribution is 2.31. The molecule has 0 amide bonds. The topological polar surface area (TPSA) is 0 Å². The second-order valence-electron chi connectivity index (χ2n) is 3.39. The first kappa shape index (κ1) is 18.1. The van der Waals surface area contributed by atoms with Gasteiger partial charge in [0.15, 0.2) is 0 Å². The van der Waals surface area contributed by atoms with Crippen molar-refractivity contribution in [2.24, 2.45) is 0 Å². The smallest absolute Gasteiger partial charge is 0.0265 e. The molecule has 0 radical (unpaired) electrons. The number of hydrogen-bond donors (Lipinski definition) is 4. The van der Waals surface area contributed by atoms with Gasteiger partial charge in [-0.25, -0.2) is 0 Å². The van der Waals surface area contributed by atoms with Crippen molar-refractivity contribution in [3.8, 4) is 0 Å². The molecule has 3 unspecified atom stereocenters. The van der Waals surface area contributed by atoms with Crippen molar-refractivity contribution in [2.45, 2.75) is 29.1 Å². The molecule has 0 aliphatic carbocycles. The van der Waals surface area contributed by atoms with Crippen LogP contribution in [0.5, 0.6) is 0 Å². The first-order valence-corrected chi connectivity index (χ1v) is 9.96. The normalized spacial score (nSPS) is 17.1. The fraction of sp³-hybridized carbons (Fsp3) is 1.00. The molecule has 98 valence electrons. The molecule has 16 heavy (non-hydrogen) atoms. The Kier molecular flexibility index (Phi) is 13.7. The van der Waals surface area contributed by atoms with Gasteiger partial charge < -0.3 is 0 Å². The maximum absolute atomic E-state index is 4.47. The van der Waals surface area contributed by atoms with Crippen LogP contribution in [0.2, 0.25) is 0 Å². The summed E-state index contributed by atoms with van der Waals surface area (Å²) in [5, 5.41) is 1.79. The number of hydrogen-bond acceptors (Lipinski definition) is 6. The van der Waals surface area contributed by atoms with E-state index in [1.165, 1.54) is 6.42 Å². The molecule has 0 saturated carbocycles. The first-order chi connectivity index (χ1) is 7.73. The Labute approximate surface area is 131 Å². The van der Waals surface area contributed by atoms with E-state index in [-0.39, 0.29) is 0 Å². The molecule has 0 N–H and O–H groups in total. The van der Waals surface area contributed by atoms with E-state index in [4.69, 9.17) is 0 Å². The van der Waals surface area contributed by atoms with Gasteiger partial charge in [0.25, 0.3) is 0 Å². The maximum Gasteiger partial charge on any atom is 0.0265 e. The molecule has 0 heterocycles. The van der Waals surface area contributed by atoms with Gasteiger partial charge in [0.2, 0.25) is 0 Å². The molecule has 0 rings (SSSR count). The molecule has 0 aliphatic rings. The first-order valence-electron chi connectivity index (χ1n) is 5.43. The summed E-state index contributed by atoms with van der Waals surface area (Å²) in [6.07, 6.45) is 1.18. The molecule has 0 aromatic rings. The van der Waals surface area contributed by atoms with Crippen LogP contribution >= 0.6 is 74.0 Å². The van der Waals surface area contributed by atoms with Gasteiger partial charge in [0.05, 0.1) is 0 Å². The van der Waals surface area contributed by atoms with Crippen LogP contribution in [0.4, 0.5) is 0 Å². The number of thioether (sulfide) groups is 2. The predicted molar refractivity (Wildman–Crippen MR) is 97.1 cm³/mol. The van der Waals surface area contributed by atoms with Crippen LogP contribution in [-0.2, 0) is 0 Å². The minimum absolute atomic E-state index is 0.572. The summed E-state index contributed by atoms with van der Waals surface area (Å²) >= 11 is 21.6. The van der Waals surface area contributed by atoms with Gasteiger partial charge in [-0.2, -0.15) is 74.0 Å². The Balaban J connectivity index is 4.19. The van der Waals surface area contributed by atoms with E-state index >= 15 is 0 Å². The predicted octanol–water partition coefficient (Wildman–Crippen LogP) is 3.69. The van der Waals surface area contributed by atoms with E-state index in [2.05, 4.69) is 57.4 Å². The van der Waals surface area contributed by atoms with Gasteiger partial charge in [0.1, 0.15) is 0 Å². The molecular formula is C10H22S6. The van der Waals surface area contributed by atoms with Crippen LogP contribution in [0, 0.1) is 0 Å². The van der Waals surface area contributed by atoms with Crippen molar-refractivity contribution >= 4 is 74.0 Å². The second-order valence-corrected chi connectivity index (χ2v) is 7.82. The van der Waals surface area contributed by atoms with Crippen LogP contribution in [0.25, 0.3) is 0 Å². The average molecular weight is 335 g/mol. The van der Waals surface area contributed by atoms with Crippen molar-refractivity contribution in [1.82, 2.24) is 0 Å². The Bertz CT molecular complexity index is 150. The largest absolute Gasteiger partial charge is 0.179 e. The van der Waals surface area contributed by atoms with Crippen molar-refractivity contribution in [2.75, 3.05) is 28.8 Å². The molecule has 6 heteroatoms. The van der Waals surface area contributed by atoms with E-state index in [9.17, 15) is 0 Å². The maximum atomic E-state index is 4.47. The highest BCUT2D eigenvalue weighted by atomic mass is 32.2. The third-order valence-corrected chi connectivity index (χ3v) is 7.98. The lowest BCUT2D eigenvalue weighted by atomic mass is 10.3. The number of rotatable bonds is 10. The fourth-order valence-electron chi connectivity index (χ4n) is 1.25. The van der Waals surface area contributed by atoms with E-state index in [0.29, 0.717) is 15.7 Å². The van der Waals surface area contributed by atoms with Crippen LogP contribution in [0.1, 0.15) is 13.3 Å². The Morgan fingerprint density at radius 2 is 1.56 bits per heavy atom. The molecular weight excluding hydrogens is 313 g/mol. The number of thiol groups is 4. The Morgan fingerprint density at radius 1 is 0.938 bits per heavy atom. The molecule has 0 spiro atoms. The lowest BCUT2D eigenvalue weighted by Crippen LogP contribution is -2.27. The molecule has 0 aromatic heterocycles. The molecule has 0 saturated heterocycles. The van der Waals surface area contributed by atoms with Gasteiger partial charge in [-0.05, 0) is 12.2 Å². The van der Waals surface area contributed by atoms with Gasteiger partial charge >= 0.3 is 0 Å². The minimum Gasteiger partial charge on any atom is -0.179 e.